The van der Waals surface area contributed by atoms with Crippen molar-refractivity contribution in [2.24, 2.45) is 17.8 Å². The molecule has 0 radical (unpaired) electrons. The van der Waals surface area contributed by atoms with Crippen LogP contribution in [0.5, 0.6) is 5.75 Å². The van der Waals surface area contributed by atoms with Crippen molar-refractivity contribution < 1.29 is 13.5 Å². The second-order valence-corrected chi connectivity index (χ2v) is 9.01. The van der Waals surface area contributed by atoms with E-state index in [0.29, 0.717) is 18.1 Å². The van der Waals surface area contributed by atoms with Crippen LogP contribution in [0, 0.1) is 29.4 Å². The van der Waals surface area contributed by atoms with Crippen LogP contribution in [0.3, 0.4) is 0 Å². The summed E-state index contributed by atoms with van der Waals surface area (Å²) in [7, 11) is 0. The molecule has 2 aromatic carbocycles. The number of hydrogen-bond acceptors (Lipinski definition) is 1. The first-order chi connectivity index (χ1) is 14.6. The highest BCUT2D eigenvalue weighted by Crippen LogP contribution is 2.42. The van der Waals surface area contributed by atoms with Gasteiger partial charge < -0.3 is 4.74 Å². The summed E-state index contributed by atoms with van der Waals surface area (Å²) in [6, 6.07) is 11.1. The van der Waals surface area contributed by atoms with Crippen LogP contribution in [0.1, 0.15) is 63.9 Å². The molecule has 2 aromatic rings. The zero-order chi connectivity index (χ0) is 21.1. The summed E-state index contributed by atoms with van der Waals surface area (Å²) in [6.07, 6.45) is 12.5. The van der Waals surface area contributed by atoms with Crippen LogP contribution in [0.25, 0.3) is 11.1 Å². The molecule has 0 saturated heterocycles. The molecule has 0 aromatic heterocycles. The van der Waals surface area contributed by atoms with Gasteiger partial charge >= 0.3 is 0 Å². The summed E-state index contributed by atoms with van der Waals surface area (Å²) in [4.78, 5) is 0. The molecule has 2 atom stereocenters. The highest BCUT2D eigenvalue weighted by Gasteiger charge is 2.28. The summed E-state index contributed by atoms with van der Waals surface area (Å²) >= 11 is 0. The van der Waals surface area contributed by atoms with Gasteiger partial charge in [0.25, 0.3) is 0 Å². The number of rotatable bonds is 5. The van der Waals surface area contributed by atoms with E-state index in [1.54, 1.807) is 13.0 Å². The minimum absolute atomic E-state index is 0.0330. The SMILES string of the molecule is CCOc1ccc(-c2ccc(C3CCC(C4C=CC(C)CC4)CC3)cc2)c(F)c1F. The van der Waals surface area contributed by atoms with Crippen molar-refractivity contribution in [3.63, 3.8) is 0 Å². The summed E-state index contributed by atoms with van der Waals surface area (Å²) < 4.78 is 33.9. The minimum atomic E-state index is -0.914. The molecule has 0 N–H and O–H groups in total. The maximum Gasteiger partial charge on any atom is 0.201 e. The zero-order valence-electron chi connectivity index (χ0n) is 18.0. The van der Waals surface area contributed by atoms with Gasteiger partial charge in [0.15, 0.2) is 11.6 Å². The van der Waals surface area contributed by atoms with E-state index in [1.807, 2.05) is 12.1 Å². The van der Waals surface area contributed by atoms with E-state index in [2.05, 4.69) is 31.2 Å². The van der Waals surface area contributed by atoms with Gasteiger partial charge in [-0.1, -0.05) is 43.3 Å². The predicted octanol–water partition coefficient (Wildman–Crippen LogP) is 7.91. The van der Waals surface area contributed by atoms with Crippen LogP contribution in [-0.2, 0) is 0 Å². The first kappa shape index (κ1) is 21.1. The number of halogens is 2. The lowest BCUT2D eigenvalue weighted by Crippen LogP contribution is -2.22. The monoisotopic (exact) mass is 410 g/mol. The molecule has 0 heterocycles. The van der Waals surface area contributed by atoms with Crippen molar-refractivity contribution in [1.82, 2.24) is 0 Å². The Morgan fingerprint density at radius 1 is 0.833 bits per heavy atom. The van der Waals surface area contributed by atoms with E-state index in [-0.39, 0.29) is 11.3 Å². The smallest absolute Gasteiger partial charge is 0.201 e. The topological polar surface area (TPSA) is 9.23 Å². The molecule has 2 unspecified atom stereocenters. The first-order valence-electron chi connectivity index (χ1n) is 11.5. The third kappa shape index (κ3) is 4.45. The van der Waals surface area contributed by atoms with Crippen LogP contribution in [0.2, 0.25) is 0 Å². The molecule has 1 fully saturated rings. The molecule has 1 saturated carbocycles. The molecule has 160 valence electrons. The van der Waals surface area contributed by atoms with Gasteiger partial charge in [0.2, 0.25) is 5.82 Å². The highest BCUT2D eigenvalue weighted by molar-refractivity contribution is 5.65. The molecule has 3 heteroatoms. The molecular weight excluding hydrogens is 378 g/mol. The average Bonchev–Trinajstić information content (AvgIpc) is 2.78. The summed E-state index contributed by atoms with van der Waals surface area (Å²) in [5, 5.41) is 0. The van der Waals surface area contributed by atoms with E-state index in [9.17, 15) is 8.78 Å². The van der Waals surface area contributed by atoms with Gasteiger partial charge in [-0.25, -0.2) is 4.39 Å². The third-order valence-corrected chi connectivity index (χ3v) is 7.06. The van der Waals surface area contributed by atoms with Crippen molar-refractivity contribution in [2.45, 2.75) is 58.3 Å². The number of allylic oxidation sites excluding steroid dienone is 2. The summed E-state index contributed by atoms with van der Waals surface area (Å²) in [5.41, 5.74) is 2.30. The molecule has 4 rings (SSSR count). The molecule has 0 bridgehead atoms. The fourth-order valence-electron chi connectivity index (χ4n) is 5.21. The largest absolute Gasteiger partial charge is 0.491 e. The van der Waals surface area contributed by atoms with Crippen LogP contribution in [0.4, 0.5) is 8.78 Å². The van der Waals surface area contributed by atoms with Gasteiger partial charge in [0, 0.05) is 5.56 Å². The summed E-state index contributed by atoms with van der Waals surface area (Å²) in [6.45, 7) is 4.37. The van der Waals surface area contributed by atoms with Gasteiger partial charge in [-0.15, -0.1) is 0 Å². The Kier molecular flexibility index (Phi) is 6.55. The Balaban J connectivity index is 1.41. The maximum absolute atomic E-state index is 14.5. The molecule has 1 nitrogen and oxygen atoms in total. The molecule has 2 aliphatic carbocycles. The molecule has 0 amide bonds. The van der Waals surface area contributed by atoms with Gasteiger partial charge in [-0.2, -0.15) is 4.39 Å². The lowest BCUT2D eigenvalue weighted by Gasteiger charge is -2.35. The third-order valence-electron chi connectivity index (χ3n) is 7.06. The Labute approximate surface area is 179 Å². The molecule has 2 aliphatic rings. The van der Waals surface area contributed by atoms with Crippen molar-refractivity contribution in [2.75, 3.05) is 6.61 Å². The molecule has 0 spiro atoms. The van der Waals surface area contributed by atoms with Gasteiger partial charge in [-0.3, -0.25) is 0 Å². The Morgan fingerprint density at radius 2 is 1.57 bits per heavy atom. The van der Waals surface area contributed by atoms with E-state index in [4.69, 9.17) is 4.74 Å². The van der Waals surface area contributed by atoms with E-state index in [0.717, 1.165) is 17.8 Å². The molecular formula is C27H32F2O. The number of ether oxygens (including phenoxy) is 1. The Hall–Kier alpha value is -2.16. The minimum Gasteiger partial charge on any atom is -0.491 e. The second kappa shape index (κ2) is 9.32. The van der Waals surface area contributed by atoms with E-state index >= 15 is 0 Å². The van der Waals surface area contributed by atoms with Crippen LogP contribution in [0.15, 0.2) is 48.6 Å². The van der Waals surface area contributed by atoms with Gasteiger partial charge in [-0.05, 0) is 92.4 Å². The standard InChI is InChI=1S/C27H32F2O/c1-3-30-25-17-16-24(26(28)27(25)29)23-14-12-22(13-15-23)21-10-8-20(9-11-21)19-6-4-18(2)5-7-19/h4,6,12-21H,3,5,7-11H2,1-2H3. The van der Waals surface area contributed by atoms with E-state index < -0.39 is 11.6 Å². The number of hydrogen-bond donors (Lipinski definition) is 0. The van der Waals surface area contributed by atoms with E-state index in [1.165, 1.54) is 50.2 Å². The fourth-order valence-corrected chi connectivity index (χ4v) is 5.21. The fraction of sp³-hybridized carbons (Fsp3) is 0.481. The van der Waals surface area contributed by atoms with Crippen LogP contribution < -0.4 is 4.74 Å². The predicted molar refractivity (Wildman–Crippen MR) is 119 cm³/mol. The van der Waals surface area contributed by atoms with Gasteiger partial charge in [0.05, 0.1) is 6.61 Å². The maximum atomic E-state index is 14.5. The van der Waals surface area contributed by atoms with Crippen molar-refractivity contribution >= 4 is 0 Å². The number of benzene rings is 2. The normalized spacial score (nSPS) is 26.5. The Bertz CT molecular complexity index is 878. The highest BCUT2D eigenvalue weighted by atomic mass is 19.2. The second-order valence-electron chi connectivity index (χ2n) is 9.01. The zero-order valence-corrected chi connectivity index (χ0v) is 18.0. The van der Waals surface area contributed by atoms with Crippen LogP contribution in [-0.4, -0.2) is 6.61 Å². The van der Waals surface area contributed by atoms with Crippen molar-refractivity contribution in [3.8, 4) is 16.9 Å². The Morgan fingerprint density at radius 3 is 2.20 bits per heavy atom. The lowest BCUT2D eigenvalue weighted by atomic mass is 9.71. The van der Waals surface area contributed by atoms with Crippen molar-refractivity contribution in [1.29, 1.82) is 0 Å². The van der Waals surface area contributed by atoms with Crippen LogP contribution >= 0.6 is 0 Å². The summed E-state index contributed by atoms with van der Waals surface area (Å²) in [5.74, 6) is 1.11. The first-order valence-corrected chi connectivity index (χ1v) is 11.5. The molecule has 0 aliphatic heterocycles. The molecule has 30 heavy (non-hydrogen) atoms. The lowest BCUT2D eigenvalue weighted by molar-refractivity contribution is 0.242. The van der Waals surface area contributed by atoms with Gasteiger partial charge in [0.1, 0.15) is 0 Å². The van der Waals surface area contributed by atoms with Crippen molar-refractivity contribution in [3.05, 3.63) is 65.7 Å². The quantitative estimate of drug-likeness (QED) is 0.455. The average molecular weight is 411 g/mol.